The average molecular weight is 191 g/mol. The third-order valence-corrected chi connectivity index (χ3v) is 3.12. The summed E-state index contributed by atoms with van der Waals surface area (Å²) in [6, 6.07) is -1.12. The molecule has 0 radical (unpaired) electrons. The number of hydrogen-bond donors (Lipinski definition) is 3. The summed E-state index contributed by atoms with van der Waals surface area (Å²) in [7, 11) is 0. The molecule has 2 aliphatic heterocycles. The second kappa shape index (κ2) is 3.16. The highest BCUT2D eigenvalue weighted by Gasteiger charge is 2.53. The number of aliphatic hydroxyl groups excluding tert-OH is 3. The van der Waals surface area contributed by atoms with Gasteiger partial charge in [0.2, 0.25) is 0 Å². The molecular weight excluding hydrogens is 177 g/mol. The van der Waals surface area contributed by atoms with Crippen molar-refractivity contribution in [3.8, 4) is 0 Å². The highest BCUT2D eigenvalue weighted by molar-refractivity contribution is 5.06. The average Bonchev–Trinajstić information content (AvgIpc) is 2.57. The first kappa shape index (κ1) is 9.33. The molecular formula is C8H14FNO3. The minimum absolute atomic E-state index is 0.235. The van der Waals surface area contributed by atoms with Gasteiger partial charge < -0.3 is 15.3 Å². The summed E-state index contributed by atoms with van der Waals surface area (Å²) in [5.41, 5.74) is 0. The van der Waals surface area contributed by atoms with Gasteiger partial charge in [-0.25, -0.2) is 4.39 Å². The summed E-state index contributed by atoms with van der Waals surface area (Å²) in [5, 5.41) is 27.9. The van der Waals surface area contributed by atoms with E-state index < -0.39 is 30.5 Å². The van der Waals surface area contributed by atoms with Crippen LogP contribution in [0, 0.1) is 0 Å². The number of nitrogens with zero attached hydrogens (tertiary/aromatic N) is 1. The van der Waals surface area contributed by atoms with Crippen LogP contribution in [0.2, 0.25) is 0 Å². The summed E-state index contributed by atoms with van der Waals surface area (Å²) in [4.78, 5) is 1.67. The molecule has 0 saturated carbocycles. The predicted octanol–water partition coefficient (Wildman–Crippen LogP) is -1.50. The summed E-state index contributed by atoms with van der Waals surface area (Å²) in [6.07, 6.45) is -2.78. The molecule has 76 valence electrons. The molecule has 2 saturated heterocycles. The zero-order valence-corrected chi connectivity index (χ0v) is 7.17. The van der Waals surface area contributed by atoms with E-state index in [-0.39, 0.29) is 6.61 Å². The summed E-state index contributed by atoms with van der Waals surface area (Å²) < 4.78 is 13.2. The van der Waals surface area contributed by atoms with Crippen molar-refractivity contribution in [1.82, 2.24) is 4.90 Å². The number of rotatable bonds is 1. The van der Waals surface area contributed by atoms with Gasteiger partial charge in [-0.2, -0.15) is 0 Å². The molecule has 0 bridgehead atoms. The van der Waals surface area contributed by atoms with E-state index in [9.17, 15) is 14.6 Å². The van der Waals surface area contributed by atoms with Gasteiger partial charge in [-0.05, 0) is 6.42 Å². The van der Waals surface area contributed by atoms with E-state index in [0.29, 0.717) is 13.0 Å². The Morgan fingerprint density at radius 3 is 2.62 bits per heavy atom. The molecule has 2 aliphatic rings. The Labute approximate surface area is 75.6 Å². The minimum atomic E-state index is -1.08. The minimum Gasteiger partial charge on any atom is -0.395 e. The first-order valence-electron chi connectivity index (χ1n) is 4.53. The molecule has 5 heteroatoms. The van der Waals surface area contributed by atoms with Gasteiger partial charge >= 0.3 is 0 Å². The van der Waals surface area contributed by atoms with E-state index in [1.807, 2.05) is 0 Å². The van der Waals surface area contributed by atoms with Crippen molar-refractivity contribution in [2.24, 2.45) is 0 Å². The van der Waals surface area contributed by atoms with Gasteiger partial charge in [0.15, 0.2) is 0 Å². The van der Waals surface area contributed by atoms with Crippen molar-refractivity contribution in [3.05, 3.63) is 0 Å². The van der Waals surface area contributed by atoms with E-state index in [4.69, 9.17) is 5.11 Å². The first-order chi connectivity index (χ1) is 6.16. The molecule has 0 aromatic carbocycles. The molecule has 2 heterocycles. The number of aliphatic hydroxyl groups is 3. The van der Waals surface area contributed by atoms with E-state index in [2.05, 4.69) is 0 Å². The third kappa shape index (κ3) is 1.19. The van der Waals surface area contributed by atoms with Crippen molar-refractivity contribution in [3.63, 3.8) is 0 Å². The quantitative estimate of drug-likeness (QED) is 0.472. The topological polar surface area (TPSA) is 63.9 Å². The molecule has 0 aliphatic carbocycles. The lowest BCUT2D eigenvalue weighted by atomic mass is 10.0. The van der Waals surface area contributed by atoms with Crippen molar-refractivity contribution in [2.45, 2.75) is 36.9 Å². The van der Waals surface area contributed by atoms with Gasteiger partial charge in [-0.3, -0.25) is 4.90 Å². The summed E-state index contributed by atoms with van der Waals surface area (Å²) >= 11 is 0. The van der Waals surface area contributed by atoms with Crippen LogP contribution in [0.3, 0.4) is 0 Å². The van der Waals surface area contributed by atoms with Crippen LogP contribution in [-0.2, 0) is 0 Å². The lowest BCUT2D eigenvalue weighted by Gasteiger charge is -2.22. The lowest BCUT2D eigenvalue weighted by Crippen LogP contribution is -2.39. The van der Waals surface area contributed by atoms with Crippen LogP contribution in [0.5, 0.6) is 0 Å². The molecule has 4 nitrogen and oxygen atoms in total. The highest BCUT2D eigenvalue weighted by atomic mass is 19.1. The number of halogens is 1. The molecule has 5 atom stereocenters. The van der Waals surface area contributed by atoms with Crippen molar-refractivity contribution in [1.29, 1.82) is 0 Å². The largest absolute Gasteiger partial charge is 0.395 e. The zero-order valence-electron chi connectivity index (χ0n) is 7.17. The fourth-order valence-corrected chi connectivity index (χ4v) is 2.44. The van der Waals surface area contributed by atoms with Gasteiger partial charge in [0.05, 0.1) is 30.9 Å². The second-order valence-corrected chi connectivity index (χ2v) is 3.76. The molecule has 0 aromatic rings. The van der Waals surface area contributed by atoms with E-state index >= 15 is 0 Å². The van der Waals surface area contributed by atoms with Crippen LogP contribution in [0.1, 0.15) is 6.42 Å². The van der Waals surface area contributed by atoms with Gasteiger partial charge in [0, 0.05) is 6.54 Å². The third-order valence-electron chi connectivity index (χ3n) is 3.12. The van der Waals surface area contributed by atoms with Crippen molar-refractivity contribution >= 4 is 0 Å². The second-order valence-electron chi connectivity index (χ2n) is 3.76. The van der Waals surface area contributed by atoms with Crippen LogP contribution in [0.25, 0.3) is 0 Å². The maximum atomic E-state index is 13.2. The highest BCUT2D eigenvalue weighted by Crippen LogP contribution is 2.34. The fraction of sp³-hybridized carbons (Fsp3) is 1.00. The summed E-state index contributed by atoms with van der Waals surface area (Å²) in [5.74, 6) is 0. The smallest absolute Gasteiger partial charge is 0.119 e. The Morgan fingerprint density at radius 1 is 1.31 bits per heavy atom. The Morgan fingerprint density at radius 2 is 2.00 bits per heavy atom. The van der Waals surface area contributed by atoms with E-state index in [1.165, 1.54) is 0 Å². The van der Waals surface area contributed by atoms with E-state index in [0.717, 1.165) is 0 Å². The maximum Gasteiger partial charge on any atom is 0.119 e. The number of alkyl halides is 1. The normalized spacial score (nSPS) is 51.2. The molecule has 0 spiro atoms. The van der Waals surface area contributed by atoms with Crippen LogP contribution in [-0.4, -0.2) is 63.8 Å². The maximum absolute atomic E-state index is 13.2. The molecule has 0 aromatic heterocycles. The van der Waals surface area contributed by atoms with Gasteiger partial charge in [-0.15, -0.1) is 0 Å². The molecule has 3 N–H and O–H groups in total. The Bertz CT molecular complexity index is 204. The fourth-order valence-electron chi connectivity index (χ4n) is 2.44. The van der Waals surface area contributed by atoms with Crippen LogP contribution in [0.15, 0.2) is 0 Å². The van der Waals surface area contributed by atoms with Crippen LogP contribution < -0.4 is 0 Å². The lowest BCUT2D eigenvalue weighted by molar-refractivity contribution is 0.00866. The summed E-state index contributed by atoms with van der Waals surface area (Å²) in [6.45, 7) is 0.270. The monoisotopic (exact) mass is 191 g/mol. The zero-order chi connectivity index (χ0) is 9.59. The molecule has 1 unspecified atom stereocenters. The molecule has 2 fully saturated rings. The van der Waals surface area contributed by atoms with Gasteiger partial charge in [0.1, 0.15) is 6.17 Å². The number of hydrogen-bond acceptors (Lipinski definition) is 4. The Kier molecular flexibility index (Phi) is 2.27. The number of fused-ring (bicyclic) bond motifs is 1. The van der Waals surface area contributed by atoms with Gasteiger partial charge in [-0.1, -0.05) is 0 Å². The van der Waals surface area contributed by atoms with Crippen LogP contribution >= 0.6 is 0 Å². The SMILES string of the molecule is OC[C@@H]1[C@@H](O)[C@H](O)C2[C@H](F)CCN21. The first-order valence-corrected chi connectivity index (χ1v) is 4.53. The van der Waals surface area contributed by atoms with Crippen molar-refractivity contribution < 1.29 is 19.7 Å². The van der Waals surface area contributed by atoms with Crippen LogP contribution in [0.4, 0.5) is 4.39 Å². The molecule has 0 amide bonds. The molecule has 13 heavy (non-hydrogen) atoms. The standard InChI is InChI=1S/C8H14FNO3/c9-4-1-2-10-5(3-11)7(12)8(13)6(4)10/h4-8,11-13H,1-3H2/t4-,5-,6?,7-,8-/m1/s1. The van der Waals surface area contributed by atoms with Gasteiger partial charge in [0.25, 0.3) is 0 Å². The Balaban J connectivity index is 2.19. The molecule has 2 rings (SSSR count). The van der Waals surface area contributed by atoms with E-state index in [1.54, 1.807) is 4.90 Å². The predicted molar refractivity (Wildman–Crippen MR) is 42.9 cm³/mol. The van der Waals surface area contributed by atoms with Crippen molar-refractivity contribution in [2.75, 3.05) is 13.2 Å². The Hall–Kier alpha value is -0.230.